The summed E-state index contributed by atoms with van der Waals surface area (Å²) in [7, 11) is 0. The van der Waals surface area contributed by atoms with E-state index < -0.39 is 0 Å². The first-order valence-corrected chi connectivity index (χ1v) is 8.15. The number of thiophene rings is 1. The molecule has 1 amide bonds. The van der Waals surface area contributed by atoms with Crippen LogP contribution in [0.1, 0.15) is 27.5 Å². The highest BCUT2D eigenvalue weighted by atomic mass is 127. The molecule has 1 aliphatic rings. The Labute approximate surface area is 134 Å². The van der Waals surface area contributed by atoms with E-state index in [-0.39, 0.29) is 11.9 Å². The van der Waals surface area contributed by atoms with Crippen LogP contribution in [-0.4, -0.2) is 19.1 Å². The van der Waals surface area contributed by atoms with Gasteiger partial charge < -0.3 is 15.8 Å². The fourth-order valence-corrected chi connectivity index (χ4v) is 3.55. The Kier molecular flexibility index (Phi) is 3.95. The van der Waals surface area contributed by atoms with Gasteiger partial charge in [0.2, 0.25) is 0 Å². The molecule has 104 valence electrons. The summed E-state index contributed by atoms with van der Waals surface area (Å²) >= 11 is 3.94. The van der Waals surface area contributed by atoms with Crippen LogP contribution < -0.4 is 15.8 Å². The lowest BCUT2D eigenvalue weighted by Crippen LogP contribution is -2.24. The van der Waals surface area contributed by atoms with Gasteiger partial charge in [0.25, 0.3) is 5.91 Å². The first-order valence-electron chi connectivity index (χ1n) is 6.19. The maximum atomic E-state index is 12.0. The fourth-order valence-electron chi connectivity index (χ4n) is 2.14. The van der Waals surface area contributed by atoms with Crippen molar-refractivity contribution in [3.05, 3.63) is 49.2 Å². The number of hydrogen-bond acceptors (Lipinski definition) is 4. The molecule has 6 heteroatoms. The second-order valence-corrected chi connectivity index (χ2v) is 7.33. The summed E-state index contributed by atoms with van der Waals surface area (Å²) in [4.78, 5) is 12.0. The minimum atomic E-state index is -0.226. The zero-order valence-electron chi connectivity index (χ0n) is 10.6. The van der Waals surface area contributed by atoms with Crippen molar-refractivity contribution in [2.24, 2.45) is 5.73 Å². The lowest BCUT2D eigenvalue weighted by molar-refractivity contribution is 0.0957. The predicted molar refractivity (Wildman–Crippen MR) is 87.3 cm³/mol. The standard InChI is InChI=1S/C14H13IN2O2S/c15-12-6-9(7-20-12)13(16)8-1-2-11-10(5-8)14(18)17-3-4-19-11/h1-2,5-7,13H,3-4,16H2,(H,17,18). The molecule has 1 atom stereocenters. The highest BCUT2D eigenvalue weighted by Crippen LogP contribution is 2.29. The maximum Gasteiger partial charge on any atom is 0.255 e. The lowest BCUT2D eigenvalue weighted by Gasteiger charge is -2.13. The van der Waals surface area contributed by atoms with E-state index in [1.165, 1.54) is 2.88 Å². The summed E-state index contributed by atoms with van der Waals surface area (Å²) in [5.41, 5.74) is 8.81. The summed E-state index contributed by atoms with van der Waals surface area (Å²) in [5, 5.41) is 4.86. The summed E-state index contributed by atoms with van der Waals surface area (Å²) in [6, 6.07) is 7.42. The van der Waals surface area contributed by atoms with E-state index in [1.807, 2.05) is 18.2 Å². The minimum Gasteiger partial charge on any atom is -0.491 e. The molecule has 1 aliphatic heterocycles. The van der Waals surface area contributed by atoms with Crippen LogP contribution in [0.25, 0.3) is 0 Å². The molecule has 0 aliphatic carbocycles. The molecule has 1 unspecified atom stereocenters. The number of benzene rings is 1. The molecular formula is C14H13IN2O2S. The number of halogens is 1. The first-order chi connectivity index (χ1) is 9.65. The number of rotatable bonds is 2. The summed E-state index contributed by atoms with van der Waals surface area (Å²) in [6.07, 6.45) is 0. The van der Waals surface area contributed by atoms with Crippen molar-refractivity contribution < 1.29 is 9.53 Å². The second kappa shape index (κ2) is 5.71. The molecule has 0 radical (unpaired) electrons. The highest BCUT2D eigenvalue weighted by molar-refractivity contribution is 14.1. The highest BCUT2D eigenvalue weighted by Gasteiger charge is 2.19. The fraction of sp³-hybridized carbons (Fsp3) is 0.214. The van der Waals surface area contributed by atoms with Gasteiger partial charge in [0.1, 0.15) is 12.4 Å². The molecule has 20 heavy (non-hydrogen) atoms. The van der Waals surface area contributed by atoms with Crippen molar-refractivity contribution in [2.45, 2.75) is 6.04 Å². The Morgan fingerprint density at radius 3 is 2.95 bits per heavy atom. The molecule has 0 bridgehead atoms. The Morgan fingerprint density at radius 1 is 1.35 bits per heavy atom. The van der Waals surface area contributed by atoms with Gasteiger partial charge in [0, 0.05) is 0 Å². The zero-order chi connectivity index (χ0) is 14.1. The van der Waals surface area contributed by atoms with Crippen molar-refractivity contribution in [3.8, 4) is 5.75 Å². The van der Waals surface area contributed by atoms with E-state index in [1.54, 1.807) is 11.3 Å². The van der Waals surface area contributed by atoms with Crippen LogP contribution >= 0.6 is 33.9 Å². The normalized spacial score (nSPS) is 15.8. The molecule has 0 spiro atoms. The molecule has 4 nitrogen and oxygen atoms in total. The van der Waals surface area contributed by atoms with Gasteiger partial charge in [0.05, 0.1) is 21.0 Å². The van der Waals surface area contributed by atoms with Crippen molar-refractivity contribution in [1.82, 2.24) is 5.32 Å². The van der Waals surface area contributed by atoms with E-state index in [2.05, 4.69) is 39.4 Å². The number of carbonyl (C=O) groups excluding carboxylic acids is 1. The van der Waals surface area contributed by atoms with Crippen LogP contribution in [0.15, 0.2) is 29.6 Å². The summed E-state index contributed by atoms with van der Waals surface area (Å²) < 4.78 is 6.74. The average Bonchev–Trinajstić information content (AvgIpc) is 2.80. The smallest absolute Gasteiger partial charge is 0.255 e. The number of hydrogen-bond donors (Lipinski definition) is 2. The van der Waals surface area contributed by atoms with Crippen LogP contribution in [0.4, 0.5) is 0 Å². The molecule has 2 heterocycles. The third-order valence-corrected chi connectivity index (χ3v) is 5.01. The van der Waals surface area contributed by atoms with Gasteiger partial charge in [0.15, 0.2) is 0 Å². The van der Waals surface area contributed by atoms with E-state index in [0.29, 0.717) is 24.5 Å². The molecule has 1 aromatic carbocycles. The third kappa shape index (κ3) is 2.68. The van der Waals surface area contributed by atoms with Crippen molar-refractivity contribution in [2.75, 3.05) is 13.2 Å². The van der Waals surface area contributed by atoms with E-state index >= 15 is 0 Å². The Morgan fingerprint density at radius 2 is 2.20 bits per heavy atom. The molecule has 0 fully saturated rings. The van der Waals surface area contributed by atoms with Crippen LogP contribution in [0.3, 0.4) is 0 Å². The number of amides is 1. The zero-order valence-corrected chi connectivity index (χ0v) is 13.5. The van der Waals surface area contributed by atoms with Crippen LogP contribution in [0.2, 0.25) is 0 Å². The SMILES string of the molecule is NC(c1csc(I)c1)c1ccc2c(c1)C(=O)NCCO2. The van der Waals surface area contributed by atoms with Gasteiger partial charge in [-0.2, -0.15) is 0 Å². The van der Waals surface area contributed by atoms with E-state index in [0.717, 1.165) is 11.1 Å². The number of fused-ring (bicyclic) bond motifs is 1. The van der Waals surface area contributed by atoms with E-state index in [4.69, 9.17) is 10.5 Å². The number of nitrogens with one attached hydrogen (secondary N) is 1. The Bertz CT molecular complexity index is 656. The topological polar surface area (TPSA) is 64.4 Å². The van der Waals surface area contributed by atoms with Gasteiger partial charge in [-0.1, -0.05) is 6.07 Å². The minimum absolute atomic E-state index is 0.105. The van der Waals surface area contributed by atoms with Crippen LogP contribution in [-0.2, 0) is 0 Å². The molecule has 0 saturated carbocycles. The largest absolute Gasteiger partial charge is 0.491 e. The van der Waals surface area contributed by atoms with Crippen LogP contribution in [0.5, 0.6) is 5.75 Å². The van der Waals surface area contributed by atoms with Crippen LogP contribution in [0, 0.1) is 2.88 Å². The lowest BCUT2D eigenvalue weighted by atomic mass is 9.99. The monoisotopic (exact) mass is 400 g/mol. The summed E-state index contributed by atoms with van der Waals surface area (Å²) in [6.45, 7) is 1.02. The van der Waals surface area contributed by atoms with Gasteiger partial charge >= 0.3 is 0 Å². The van der Waals surface area contributed by atoms with Gasteiger partial charge in [-0.3, -0.25) is 4.79 Å². The molecule has 1 aromatic heterocycles. The Balaban J connectivity index is 1.97. The maximum absolute atomic E-state index is 12.0. The second-order valence-electron chi connectivity index (χ2n) is 4.52. The molecular weight excluding hydrogens is 387 g/mol. The van der Waals surface area contributed by atoms with Gasteiger partial charge in [-0.05, 0) is 57.3 Å². The molecule has 3 rings (SSSR count). The third-order valence-electron chi connectivity index (χ3n) is 3.20. The summed E-state index contributed by atoms with van der Waals surface area (Å²) in [5.74, 6) is 0.516. The number of ether oxygens (including phenoxy) is 1. The van der Waals surface area contributed by atoms with Crippen molar-refractivity contribution >= 4 is 39.8 Å². The number of nitrogens with two attached hydrogens (primary N) is 1. The van der Waals surface area contributed by atoms with Gasteiger partial charge in [-0.15, -0.1) is 11.3 Å². The predicted octanol–water partition coefficient (Wildman–Crippen LogP) is 2.52. The van der Waals surface area contributed by atoms with Crippen molar-refractivity contribution in [3.63, 3.8) is 0 Å². The van der Waals surface area contributed by atoms with Crippen molar-refractivity contribution in [1.29, 1.82) is 0 Å². The first kappa shape index (κ1) is 13.8. The molecule has 0 saturated heterocycles. The quantitative estimate of drug-likeness (QED) is 0.762. The molecule has 2 aromatic rings. The van der Waals surface area contributed by atoms with E-state index in [9.17, 15) is 4.79 Å². The number of carbonyl (C=O) groups is 1. The van der Waals surface area contributed by atoms with Gasteiger partial charge in [-0.25, -0.2) is 0 Å². The molecule has 3 N–H and O–H groups in total. The Hall–Kier alpha value is -1.12. The average molecular weight is 400 g/mol.